The first-order chi connectivity index (χ1) is 11.0. The summed E-state index contributed by atoms with van der Waals surface area (Å²) in [6, 6.07) is 7.12. The van der Waals surface area contributed by atoms with E-state index < -0.39 is 0 Å². The molecule has 6 nitrogen and oxygen atoms in total. The van der Waals surface area contributed by atoms with Crippen LogP contribution in [-0.4, -0.2) is 42.5 Å². The molecule has 126 valence electrons. The molecule has 0 aromatic heterocycles. The smallest absolute Gasteiger partial charge is 0.260 e. The van der Waals surface area contributed by atoms with Crippen LogP contribution in [0.2, 0.25) is 0 Å². The van der Waals surface area contributed by atoms with Crippen LogP contribution in [-0.2, 0) is 16.0 Å². The SMILES string of the molecule is CC1CCCN(C(=O)COc2ccc(CC(N)=O)cc2)C1CN. The first-order valence-electron chi connectivity index (χ1n) is 8.01. The topological polar surface area (TPSA) is 98.6 Å². The largest absolute Gasteiger partial charge is 0.484 e. The summed E-state index contributed by atoms with van der Waals surface area (Å²) < 4.78 is 5.56. The second-order valence-electron chi connectivity index (χ2n) is 6.09. The fraction of sp³-hybridized carbons (Fsp3) is 0.529. The molecule has 2 atom stereocenters. The Bertz CT molecular complexity index is 545. The highest BCUT2D eigenvalue weighted by atomic mass is 16.5. The van der Waals surface area contributed by atoms with Crippen molar-refractivity contribution in [2.45, 2.75) is 32.2 Å². The highest BCUT2D eigenvalue weighted by molar-refractivity contribution is 5.78. The number of ether oxygens (including phenoxy) is 1. The minimum absolute atomic E-state index is 0.00160. The molecule has 4 N–H and O–H groups in total. The molecule has 0 spiro atoms. The molecule has 1 heterocycles. The molecule has 2 amide bonds. The van der Waals surface area contributed by atoms with Gasteiger partial charge in [0.2, 0.25) is 5.91 Å². The minimum Gasteiger partial charge on any atom is -0.484 e. The normalized spacial score (nSPS) is 21.0. The molecule has 0 bridgehead atoms. The van der Waals surface area contributed by atoms with Crippen LogP contribution in [0.3, 0.4) is 0 Å². The van der Waals surface area contributed by atoms with Crippen molar-refractivity contribution in [1.82, 2.24) is 4.90 Å². The van der Waals surface area contributed by atoms with Gasteiger partial charge in [0, 0.05) is 19.1 Å². The van der Waals surface area contributed by atoms with Crippen molar-refractivity contribution in [2.24, 2.45) is 17.4 Å². The number of carbonyl (C=O) groups excluding carboxylic acids is 2. The monoisotopic (exact) mass is 319 g/mol. The number of benzene rings is 1. The van der Waals surface area contributed by atoms with E-state index in [-0.39, 0.29) is 30.9 Å². The van der Waals surface area contributed by atoms with Crippen molar-refractivity contribution in [1.29, 1.82) is 0 Å². The standard InChI is InChI=1S/C17H25N3O3/c1-12-3-2-8-20(15(12)10-18)17(22)11-23-14-6-4-13(5-7-14)9-16(19)21/h4-7,12,15H,2-3,8-11,18H2,1H3,(H2,19,21). The number of carbonyl (C=O) groups is 2. The predicted octanol–water partition coefficient (Wildman–Crippen LogP) is 0.679. The van der Waals surface area contributed by atoms with Crippen molar-refractivity contribution in [3.63, 3.8) is 0 Å². The summed E-state index contributed by atoms with van der Waals surface area (Å²) in [5, 5.41) is 0. The van der Waals surface area contributed by atoms with Crippen LogP contribution in [0.4, 0.5) is 0 Å². The summed E-state index contributed by atoms with van der Waals surface area (Å²) >= 11 is 0. The number of likely N-dealkylation sites (tertiary alicyclic amines) is 1. The van der Waals surface area contributed by atoms with E-state index in [1.807, 2.05) is 4.90 Å². The molecule has 6 heteroatoms. The Labute approximate surface area is 136 Å². The van der Waals surface area contributed by atoms with Crippen LogP contribution < -0.4 is 16.2 Å². The number of hydrogen-bond donors (Lipinski definition) is 2. The number of primary amides is 1. The molecule has 1 saturated heterocycles. The van der Waals surface area contributed by atoms with Crippen molar-refractivity contribution in [2.75, 3.05) is 19.7 Å². The van der Waals surface area contributed by atoms with Gasteiger partial charge in [-0.2, -0.15) is 0 Å². The first-order valence-corrected chi connectivity index (χ1v) is 8.01. The second kappa shape index (κ2) is 7.97. The van der Waals surface area contributed by atoms with Gasteiger partial charge in [-0.1, -0.05) is 19.1 Å². The number of piperidine rings is 1. The lowest BCUT2D eigenvalue weighted by Crippen LogP contribution is -2.52. The van der Waals surface area contributed by atoms with Crippen LogP contribution in [0.25, 0.3) is 0 Å². The van der Waals surface area contributed by atoms with Gasteiger partial charge in [-0.05, 0) is 36.5 Å². The van der Waals surface area contributed by atoms with E-state index in [1.54, 1.807) is 24.3 Å². The molecule has 0 radical (unpaired) electrons. The zero-order valence-corrected chi connectivity index (χ0v) is 13.5. The third-order valence-corrected chi connectivity index (χ3v) is 4.34. The maximum absolute atomic E-state index is 12.4. The second-order valence-corrected chi connectivity index (χ2v) is 6.09. The van der Waals surface area contributed by atoms with E-state index in [0.717, 1.165) is 24.9 Å². The Morgan fingerprint density at radius 2 is 2.00 bits per heavy atom. The maximum atomic E-state index is 12.4. The van der Waals surface area contributed by atoms with Crippen LogP contribution in [0, 0.1) is 5.92 Å². The van der Waals surface area contributed by atoms with Crippen LogP contribution >= 0.6 is 0 Å². The Morgan fingerprint density at radius 1 is 1.30 bits per heavy atom. The highest BCUT2D eigenvalue weighted by Gasteiger charge is 2.30. The van der Waals surface area contributed by atoms with Crippen LogP contribution in [0.1, 0.15) is 25.3 Å². The summed E-state index contributed by atoms with van der Waals surface area (Å²) in [5.74, 6) is 0.612. The van der Waals surface area contributed by atoms with Crippen molar-refractivity contribution in [3.05, 3.63) is 29.8 Å². The molecule has 1 aliphatic heterocycles. The summed E-state index contributed by atoms with van der Waals surface area (Å²) in [5.41, 5.74) is 11.8. The van der Waals surface area contributed by atoms with E-state index in [9.17, 15) is 9.59 Å². The summed E-state index contributed by atoms with van der Waals surface area (Å²) in [4.78, 5) is 25.1. The number of nitrogens with zero attached hydrogens (tertiary/aromatic N) is 1. The predicted molar refractivity (Wildman–Crippen MR) is 87.8 cm³/mol. The molecule has 2 unspecified atom stereocenters. The Balaban J connectivity index is 1.89. The van der Waals surface area contributed by atoms with Gasteiger partial charge in [0.25, 0.3) is 5.91 Å². The third kappa shape index (κ3) is 4.69. The molecular formula is C17H25N3O3. The molecular weight excluding hydrogens is 294 g/mol. The lowest BCUT2D eigenvalue weighted by Gasteiger charge is -2.39. The fourth-order valence-electron chi connectivity index (χ4n) is 3.05. The van der Waals surface area contributed by atoms with Gasteiger partial charge in [0.15, 0.2) is 6.61 Å². The van der Waals surface area contributed by atoms with Gasteiger partial charge in [-0.3, -0.25) is 9.59 Å². The number of amides is 2. The lowest BCUT2D eigenvalue weighted by molar-refractivity contribution is -0.138. The molecule has 1 fully saturated rings. The average molecular weight is 319 g/mol. The van der Waals surface area contributed by atoms with E-state index in [4.69, 9.17) is 16.2 Å². The molecule has 0 aliphatic carbocycles. The summed E-state index contributed by atoms with van der Waals surface area (Å²) in [6.45, 7) is 3.36. The summed E-state index contributed by atoms with van der Waals surface area (Å²) in [7, 11) is 0. The van der Waals surface area contributed by atoms with Gasteiger partial charge in [0.05, 0.1) is 6.42 Å². The maximum Gasteiger partial charge on any atom is 0.260 e. The van der Waals surface area contributed by atoms with Gasteiger partial charge in [0.1, 0.15) is 5.75 Å². The number of nitrogens with two attached hydrogens (primary N) is 2. The van der Waals surface area contributed by atoms with E-state index in [1.165, 1.54) is 0 Å². The van der Waals surface area contributed by atoms with Gasteiger partial charge in [-0.15, -0.1) is 0 Å². The quantitative estimate of drug-likeness (QED) is 0.805. The molecule has 2 rings (SSSR count). The van der Waals surface area contributed by atoms with Gasteiger partial charge >= 0.3 is 0 Å². The van der Waals surface area contributed by atoms with E-state index in [0.29, 0.717) is 18.2 Å². The van der Waals surface area contributed by atoms with Crippen LogP contribution in [0.5, 0.6) is 5.75 Å². The van der Waals surface area contributed by atoms with E-state index >= 15 is 0 Å². The minimum atomic E-state index is -0.374. The van der Waals surface area contributed by atoms with Crippen molar-refractivity contribution < 1.29 is 14.3 Å². The van der Waals surface area contributed by atoms with Crippen molar-refractivity contribution >= 4 is 11.8 Å². The first kappa shape index (κ1) is 17.3. The Morgan fingerprint density at radius 3 is 2.61 bits per heavy atom. The lowest BCUT2D eigenvalue weighted by atomic mass is 9.91. The molecule has 1 aromatic carbocycles. The average Bonchev–Trinajstić information content (AvgIpc) is 2.53. The van der Waals surface area contributed by atoms with Gasteiger partial charge < -0.3 is 21.1 Å². The highest BCUT2D eigenvalue weighted by Crippen LogP contribution is 2.23. The third-order valence-electron chi connectivity index (χ3n) is 4.34. The molecule has 0 saturated carbocycles. The Kier molecular flexibility index (Phi) is 5.98. The fourth-order valence-corrected chi connectivity index (χ4v) is 3.05. The number of rotatable bonds is 6. The van der Waals surface area contributed by atoms with E-state index in [2.05, 4.69) is 6.92 Å². The Hall–Kier alpha value is -2.08. The zero-order chi connectivity index (χ0) is 16.8. The molecule has 23 heavy (non-hydrogen) atoms. The van der Waals surface area contributed by atoms with Crippen LogP contribution in [0.15, 0.2) is 24.3 Å². The van der Waals surface area contributed by atoms with Gasteiger partial charge in [-0.25, -0.2) is 0 Å². The zero-order valence-electron chi connectivity index (χ0n) is 13.5. The molecule has 1 aromatic rings. The number of hydrogen-bond acceptors (Lipinski definition) is 4. The summed E-state index contributed by atoms with van der Waals surface area (Å²) in [6.07, 6.45) is 2.31. The molecule has 1 aliphatic rings. The van der Waals surface area contributed by atoms with Crippen molar-refractivity contribution in [3.8, 4) is 5.75 Å².